The summed E-state index contributed by atoms with van der Waals surface area (Å²) in [4.78, 5) is 15.6. The number of hydrogen-bond acceptors (Lipinski definition) is 3. The van der Waals surface area contributed by atoms with Gasteiger partial charge >= 0.3 is 0 Å². The zero-order chi connectivity index (χ0) is 13.7. The van der Waals surface area contributed by atoms with Crippen molar-refractivity contribution < 1.29 is 9.18 Å². The lowest BCUT2D eigenvalue weighted by molar-refractivity contribution is -0.117. The van der Waals surface area contributed by atoms with Gasteiger partial charge in [-0.05, 0) is 19.1 Å². The molecular formula is C13H13FN4O. The quantitative estimate of drug-likeness (QED) is 0.824. The number of rotatable bonds is 4. The Labute approximate surface area is 109 Å². The number of nitrogens with zero attached hydrogens (tertiary/aromatic N) is 2. The molecule has 2 rings (SSSR count). The van der Waals surface area contributed by atoms with Crippen LogP contribution in [0.5, 0.6) is 0 Å². The predicted octanol–water partition coefficient (Wildman–Crippen LogP) is 1.83. The van der Waals surface area contributed by atoms with Crippen LogP contribution >= 0.6 is 0 Å². The first-order valence-corrected chi connectivity index (χ1v) is 5.75. The molecule has 0 bridgehead atoms. The summed E-state index contributed by atoms with van der Waals surface area (Å²) in [5.74, 6) is -0.130. The van der Waals surface area contributed by atoms with Crippen LogP contribution in [0.15, 0.2) is 36.7 Å². The van der Waals surface area contributed by atoms with Crippen molar-refractivity contribution in [3.63, 3.8) is 0 Å². The highest BCUT2D eigenvalue weighted by Gasteiger charge is 2.09. The Morgan fingerprint density at radius 1 is 1.47 bits per heavy atom. The van der Waals surface area contributed by atoms with E-state index in [0.29, 0.717) is 11.4 Å². The number of carbonyl (C=O) groups is 1. The smallest absolute Gasteiger partial charge is 0.244 e. The standard InChI is InChI=1S/C13H13FN4O/c1-9(13-15-8-16-18-13)17-12(19)7-6-10-4-2-3-5-11(10)14/h2-9H,1H3,(H,17,19)(H,15,16,18)/b7-6+. The van der Waals surface area contributed by atoms with Gasteiger partial charge in [-0.2, -0.15) is 5.10 Å². The number of halogens is 1. The highest BCUT2D eigenvalue weighted by Crippen LogP contribution is 2.08. The van der Waals surface area contributed by atoms with E-state index in [0.717, 1.165) is 0 Å². The van der Waals surface area contributed by atoms with E-state index in [9.17, 15) is 9.18 Å². The molecule has 6 heteroatoms. The topological polar surface area (TPSA) is 70.7 Å². The Morgan fingerprint density at radius 2 is 2.26 bits per heavy atom. The molecule has 2 aromatic rings. The lowest BCUT2D eigenvalue weighted by Crippen LogP contribution is -2.25. The molecule has 0 saturated heterocycles. The first kappa shape index (κ1) is 12.9. The molecule has 0 aliphatic carbocycles. The Bertz CT molecular complexity index is 580. The first-order chi connectivity index (χ1) is 9.16. The number of aromatic nitrogens is 3. The molecule has 0 aliphatic rings. The van der Waals surface area contributed by atoms with Gasteiger partial charge in [0.2, 0.25) is 5.91 Å². The van der Waals surface area contributed by atoms with Crippen LogP contribution in [-0.2, 0) is 4.79 Å². The second-order valence-corrected chi connectivity index (χ2v) is 3.96. The zero-order valence-corrected chi connectivity index (χ0v) is 10.3. The lowest BCUT2D eigenvalue weighted by atomic mass is 10.2. The number of aromatic amines is 1. The van der Waals surface area contributed by atoms with Crippen LogP contribution in [0, 0.1) is 5.82 Å². The van der Waals surface area contributed by atoms with E-state index in [4.69, 9.17) is 0 Å². The maximum Gasteiger partial charge on any atom is 0.244 e. The summed E-state index contributed by atoms with van der Waals surface area (Å²) < 4.78 is 13.3. The largest absolute Gasteiger partial charge is 0.343 e. The Kier molecular flexibility index (Phi) is 4.02. The molecule has 2 N–H and O–H groups in total. The van der Waals surface area contributed by atoms with Crippen LogP contribution in [0.2, 0.25) is 0 Å². The molecule has 19 heavy (non-hydrogen) atoms. The van der Waals surface area contributed by atoms with Gasteiger partial charge in [-0.15, -0.1) is 0 Å². The molecule has 1 amide bonds. The van der Waals surface area contributed by atoms with Gasteiger partial charge < -0.3 is 5.32 Å². The fraction of sp³-hybridized carbons (Fsp3) is 0.154. The van der Waals surface area contributed by atoms with Gasteiger partial charge in [-0.3, -0.25) is 9.89 Å². The van der Waals surface area contributed by atoms with Crippen LogP contribution in [0.25, 0.3) is 6.08 Å². The second-order valence-electron chi connectivity index (χ2n) is 3.96. The number of hydrogen-bond donors (Lipinski definition) is 2. The number of carbonyl (C=O) groups excluding carboxylic acids is 1. The molecule has 0 fully saturated rings. The third-order valence-corrected chi connectivity index (χ3v) is 2.52. The third-order valence-electron chi connectivity index (χ3n) is 2.52. The summed E-state index contributed by atoms with van der Waals surface area (Å²) in [6.07, 6.45) is 4.08. The van der Waals surface area contributed by atoms with Crippen molar-refractivity contribution in [3.05, 3.63) is 53.9 Å². The summed E-state index contributed by atoms with van der Waals surface area (Å²) in [5.41, 5.74) is 0.366. The van der Waals surface area contributed by atoms with Gasteiger partial charge in [-0.1, -0.05) is 18.2 Å². The molecule has 0 spiro atoms. The molecule has 0 radical (unpaired) electrons. The number of benzene rings is 1. The van der Waals surface area contributed by atoms with Gasteiger partial charge in [0.25, 0.3) is 0 Å². The molecule has 1 aromatic heterocycles. The SMILES string of the molecule is CC(NC(=O)/C=C/c1ccccc1F)c1ncn[nH]1. The summed E-state index contributed by atoms with van der Waals surface area (Å²) in [6, 6.07) is 5.95. The van der Waals surface area contributed by atoms with Crippen LogP contribution in [0.3, 0.4) is 0 Å². The molecule has 1 aromatic carbocycles. The minimum absolute atomic E-state index is 0.291. The van der Waals surface area contributed by atoms with Crippen molar-refractivity contribution in [2.75, 3.05) is 0 Å². The Balaban J connectivity index is 1.96. The summed E-state index contributed by atoms with van der Waals surface area (Å²) >= 11 is 0. The van der Waals surface area contributed by atoms with Crippen molar-refractivity contribution in [2.45, 2.75) is 13.0 Å². The van der Waals surface area contributed by atoms with E-state index in [2.05, 4.69) is 20.5 Å². The van der Waals surface area contributed by atoms with E-state index in [1.165, 1.54) is 24.5 Å². The summed E-state index contributed by atoms with van der Waals surface area (Å²) in [5, 5.41) is 9.06. The first-order valence-electron chi connectivity index (χ1n) is 5.75. The van der Waals surface area contributed by atoms with Gasteiger partial charge in [0.1, 0.15) is 18.0 Å². The van der Waals surface area contributed by atoms with Crippen molar-refractivity contribution in [1.29, 1.82) is 0 Å². The fourth-order valence-corrected chi connectivity index (χ4v) is 1.53. The van der Waals surface area contributed by atoms with Crippen LogP contribution in [0.1, 0.15) is 24.4 Å². The van der Waals surface area contributed by atoms with E-state index in [1.54, 1.807) is 25.1 Å². The average Bonchev–Trinajstić information content (AvgIpc) is 2.91. The highest BCUT2D eigenvalue weighted by atomic mass is 19.1. The molecule has 1 unspecified atom stereocenters. The molecular weight excluding hydrogens is 247 g/mol. The molecule has 98 valence electrons. The van der Waals surface area contributed by atoms with Gasteiger partial charge in [0, 0.05) is 11.6 Å². The second kappa shape index (κ2) is 5.90. The number of amides is 1. The van der Waals surface area contributed by atoms with Crippen molar-refractivity contribution in [2.24, 2.45) is 0 Å². The van der Waals surface area contributed by atoms with E-state index < -0.39 is 0 Å². The highest BCUT2D eigenvalue weighted by molar-refractivity contribution is 5.91. The summed E-state index contributed by atoms with van der Waals surface area (Å²) in [7, 11) is 0. The van der Waals surface area contributed by atoms with E-state index >= 15 is 0 Å². The minimum Gasteiger partial charge on any atom is -0.343 e. The maximum atomic E-state index is 13.3. The third kappa shape index (κ3) is 3.48. The molecule has 0 saturated carbocycles. The summed E-state index contributed by atoms with van der Waals surface area (Å²) in [6.45, 7) is 1.77. The van der Waals surface area contributed by atoms with Gasteiger partial charge in [0.05, 0.1) is 6.04 Å². The molecule has 1 atom stereocenters. The molecule has 0 aliphatic heterocycles. The van der Waals surface area contributed by atoms with Gasteiger partial charge in [-0.25, -0.2) is 9.37 Å². The fourth-order valence-electron chi connectivity index (χ4n) is 1.53. The number of nitrogens with one attached hydrogen (secondary N) is 2. The predicted molar refractivity (Wildman–Crippen MR) is 68.4 cm³/mol. The average molecular weight is 260 g/mol. The minimum atomic E-state index is -0.366. The van der Waals surface area contributed by atoms with Crippen LogP contribution in [-0.4, -0.2) is 21.1 Å². The van der Waals surface area contributed by atoms with E-state index in [-0.39, 0.29) is 17.8 Å². The molecule has 1 heterocycles. The van der Waals surface area contributed by atoms with Crippen molar-refractivity contribution in [3.8, 4) is 0 Å². The monoisotopic (exact) mass is 260 g/mol. The lowest BCUT2D eigenvalue weighted by Gasteiger charge is -2.08. The van der Waals surface area contributed by atoms with Gasteiger partial charge in [0.15, 0.2) is 0 Å². The zero-order valence-electron chi connectivity index (χ0n) is 10.3. The van der Waals surface area contributed by atoms with E-state index in [1.807, 2.05) is 0 Å². The normalized spacial score (nSPS) is 12.5. The Hall–Kier alpha value is -2.50. The van der Waals surface area contributed by atoms with Crippen LogP contribution < -0.4 is 5.32 Å². The van der Waals surface area contributed by atoms with Crippen molar-refractivity contribution in [1.82, 2.24) is 20.5 Å². The van der Waals surface area contributed by atoms with Crippen LogP contribution in [0.4, 0.5) is 4.39 Å². The number of H-pyrrole nitrogens is 1. The Morgan fingerprint density at radius 3 is 2.95 bits per heavy atom. The maximum absolute atomic E-state index is 13.3. The van der Waals surface area contributed by atoms with Crippen molar-refractivity contribution >= 4 is 12.0 Å². The molecule has 5 nitrogen and oxygen atoms in total.